The fourth-order valence-corrected chi connectivity index (χ4v) is 2.13. The van der Waals surface area contributed by atoms with Gasteiger partial charge < -0.3 is 10.0 Å². The molecular weight excluding hydrogens is 246 g/mol. The highest BCUT2D eigenvalue weighted by Gasteiger charge is 2.33. The summed E-state index contributed by atoms with van der Waals surface area (Å²) in [6, 6.07) is 3.08. The SMILES string of the molecule is CCC1C(=O)NC(=O)CN1c1ccc([C@H](C)O)cn1. The van der Waals surface area contributed by atoms with Gasteiger partial charge in [-0.05, 0) is 25.0 Å². The number of imide groups is 1. The van der Waals surface area contributed by atoms with E-state index in [2.05, 4.69) is 10.3 Å². The number of hydrogen-bond acceptors (Lipinski definition) is 5. The fourth-order valence-electron chi connectivity index (χ4n) is 2.13. The Morgan fingerprint density at radius 1 is 1.53 bits per heavy atom. The van der Waals surface area contributed by atoms with E-state index in [4.69, 9.17) is 0 Å². The van der Waals surface area contributed by atoms with Crippen LogP contribution in [0.4, 0.5) is 5.82 Å². The van der Waals surface area contributed by atoms with E-state index in [-0.39, 0.29) is 24.4 Å². The van der Waals surface area contributed by atoms with Gasteiger partial charge in [0.25, 0.3) is 0 Å². The molecule has 1 aliphatic heterocycles. The van der Waals surface area contributed by atoms with E-state index in [0.29, 0.717) is 17.8 Å². The zero-order valence-corrected chi connectivity index (χ0v) is 11.0. The molecule has 2 rings (SSSR count). The zero-order chi connectivity index (χ0) is 14.0. The van der Waals surface area contributed by atoms with Crippen LogP contribution < -0.4 is 10.2 Å². The summed E-state index contributed by atoms with van der Waals surface area (Å²) in [6.45, 7) is 3.66. The van der Waals surface area contributed by atoms with Gasteiger partial charge in [0.1, 0.15) is 11.9 Å². The number of piperazine rings is 1. The highest BCUT2D eigenvalue weighted by molar-refractivity contribution is 6.04. The van der Waals surface area contributed by atoms with Crippen molar-refractivity contribution in [3.63, 3.8) is 0 Å². The van der Waals surface area contributed by atoms with Crippen molar-refractivity contribution in [3.05, 3.63) is 23.9 Å². The summed E-state index contributed by atoms with van der Waals surface area (Å²) in [7, 11) is 0. The first kappa shape index (κ1) is 13.5. The van der Waals surface area contributed by atoms with E-state index in [9.17, 15) is 14.7 Å². The minimum Gasteiger partial charge on any atom is -0.389 e. The van der Waals surface area contributed by atoms with Gasteiger partial charge in [0.15, 0.2) is 0 Å². The number of hydrogen-bond donors (Lipinski definition) is 2. The van der Waals surface area contributed by atoms with Gasteiger partial charge in [0, 0.05) is 6.20 Å². The number of pyridine rings is 1. The highest BCUT2D eigenvalue weighted by Crippen LogP contribution is 2.20. The van der Waals surface area contributed by atoms with Crippen LogP contribution in [0.3, 0.4) is 0 Å². The molecule has 1 aliphatic rings. The number of nitrogens with one attached hydrogen (secondary N) is 1. The first-order chi connectivity index (χ1) is 9.02. The lowest BCUT2D eigenvalue weighted by atomic mass is 10.1. The molecule has 0 bridgehead atoms. The highest BCUT2D eigenvalue weighted by atomic mass is 16.3. The maximum Gasteiger partial charge on any atom is 0.249 e. The molecule has 1 aromatic heterocycles. The van der Waals surface area contributed by atoms with Crippen LogP contribution in [0.15, 0.2) is 18.3 Å². The molecule has 2 amide bonds. The third-order valence-corrected chi connectivity index (χ3v) is 3.19. The molecule has 1 fully saturated rings. The molecule has 6 nitrogen and oxygen atoms in total. The summed E-state index contributed by atoms with van der Waals surface area (Å²) in [5, 5.41) is 11.8. The lowest BCUT2D eigenvalue weighted by molar-refractivity contribution is -0.132. The molecule has 0 radical (unpaired) electrons. The van der Waals surface area contributed by atoms with Crippen LogP contribution in [-0.2, 0) is 9.59 Å². The first-order valence-corrected chi connectivity index (χ1v) is 6.27. The molecule has 1 saturated heterocycles. The quantitative estimate of drug-likeness (QED) is 0.770. The Morgan fingerprint density at radius 2 is 2.26 bits per heavy atom. The standard InChI is InChI=1S/C13H17N3O3/c1-3-10-13(19)15-12(18)7-16(10)11-5-4-9(6-14-11)8(2)17/h4-6,8,10,17H,3,7H2,1-2H3,(H,15,18,19)/t8-,10?/m0/s1. The molecule has 6 heteroatoms. The number of carbonyl (C=O) groups excluding carboxylic acids is 2. The van der Waals surface area contributed by atoms with Crippen LogP contribution in [0.5, 0.6) is 0 Å². The van der Waals surface area contributed by atoms with Crippen LogP contribution in [0, 0.1) is 0 Å². The Kier molecular flexibility index (Phi) is 3.80. The molecule has 2 heterocycles. The molecule has 2 atom stereocenters. The normalized spacial score (nSPS) is 21.2. The molecule has 1 aromatic rings. The molecule has 102 valence electrons. The fraction of sp³-hybridized carbons (Fsp3) is 0.462. The maximum atomic E-state index is 11.8. The van der Waals surface area contributed by atoms with E-state index in [1.54, 1.807) is 30.2 Å². The van der Waals surface area contributed by atoms with Crippen molar-refractivity contribution in [1.29, 1.82) is 0 Å². The van der Waals surface area contributed by atoms with Gasteiger partial charge in [0.2, 0.25) is 11.8 Å². The lowest BCUT2D eigenvalue weighted by Gasteiger charge is -2.34. The number of anilines is 1. The number of rotatable bonds is 3. The average Bonchev–Trinajstić information content (AvgIpc) is 2.38. The van der Waals surface area contributed by atoms with E-state index in [1.165, 1.54) is 0 Å². The molecule has 0 aromatic carbocycles. The summed E-state index contributed by atoms with van der Waals surface area (Å²) < 4.78 is 0. The van der Waals surface area contributed by atoms with Crippen molar-refractivity contribution in [1.82, 2.24) is 10.3 Å². The minimum absolute atomic E-state index is 0.116. The predicted molar refractivity (Wildman–Crippen MR) is 69.4 cm³/mol. The second-order valence-corrected chi connectivity index (χ2v) is 4.59. The summed E-state index contributed by atoms with van der Waals surface area (Å²) in [5.41, 5.74) is 0.699. The number of amides is 2. The molecule has 19 heavy (non-hydrogen) atoms. The van der Waals surface area contributed by atoms with Crippen LogP contribution >= 0.6 is 0 Å². The third kappa shape index (κ3) is 2.73. The lowest BCUT2D eigenvalue weighted by Crippen LogP contribution is -2.58. The summed E-state index contributed by atoms with van der Waals surface area (Å²) in [5.74, 6) is -0.0456. The Hall–Kier alpha value is -1.95. The summed E-state index contributed by atoms with van der Waals surface area (Å²) in [6.07, 6.45) is 1.57. The topological polar surface area (TPSA) is 82.5 Å². The first-order valence-electron chi connectivity index (χ1n) is 6.27. The second-order valence-electron chi connectivity index (χ2n) is 4.59. The van der Waals surface area contributed by atoms with Crippen LogP contribution in [0.1, 0.15) is 31.9 Å². The van der Waals surface area contributed by atoms with E-state index in [0.717, 1.165) is 0 Å². The van der Waals surface area contributed by atoms with Gasteiger partial charge in [-0.1, -0.05) is 13.0 Å². The Bertz CT molecular complexity index is 484. The van der Waals surface area contributed by atoms with E-state index in [1.807, 2.05) is 6.92 Å². The van der Waals surface area contributed by atoms with Crippen molar-refractivity contribution >= 4 is 17.6 Å². The minimum atomic E-state index is -0.588. The molecule has 2 N–H and O–H groups in total. The third-order valence-electron chi connectivity index (χ3n) is 3.19. The number of aromatic nitrogens is 1. The monoisotopic (exact) mass is 263 g/mol. The van der Waals surface area contributed by atoms with Crippen molar-refractivity contribution in [3.8, 4) is 0 Å². The van der Waals surface area contributed by atoms with Crippen molar-refractivity contribution in [2.45, 2.75) is 32.4 Å². The summed E-state index contributed by atoms with van der Waals surface area (Å²) in [4.78, 5) is 29.1. The van der Waals surface area contributed by atoms with Crippen molar-refractivity contribution in [2.24, 2.45) is 0 Å². The summed E-state index contributed by atoms with van der Waals surface area (Å²) >= 11 is 0. The maximum absolute atomic E-state index is 11.8. The van der Waals surface area contributed by atoms with Crippen LogP contribution in [0.2, 0.25) is 0 Å². The number of aliphatic hydroxyl groups excluding tert-OH is 1. The zero-order valence-electron chi connectivity index (χ0n) is 11.0. The predicted octanol–water partition coefficient (Wildman–Crippen LogP) is 0.376. The average molecular weight is 263 g/mol. The van der Waals surface area contributed by atoms with Gasteiger partial charge in [0.05, 0.1) is 12.6 Å². The van der Waals surface area contributed by atoms with Crippen molar-refractivity contribution < 1.29 is 14.7 Å². The van der Waals surface area contributed by atoms with Crippen molar-refractivity contribution in [2.75, 3.05) is 11.4 Å². The molecule has 0 aliphatic carbocycles. The Balaban J connectivity index is 2.27. The number of nitrogens with zero attached hydrogens (tertiary/aromatic N) is 2. The molecular formula is C13H17N3O3. The Morgan fingerprint density at radius 3 is 2.79 bits per heavy atom. The molecule has 1 unspecified atom stereocenters. The molecule has 0 saturated carbocycles. The van der Waals surface area contributed by atoms with E-state index < -0.39 is 6.10 Å². The van der Waals surface area contributed by atoms with Gasteiger partial charge in [-0.25, -0.2) is 4.98 Å². The smallest absolute Gasteiger partial charge is 0.249 e. The van der Waals surface area contributed by atoms with E-state index >= 15 is 0 Å². The largest absolute Gasteiger partial charge is 0.389 e. The second kappa shape index (κ2) is 5.36. The molecule has 0 spiro atoms. The Labute approximate surface area is 111 Å². The van der Waals surface area contributed by atoms with Gasteiger partial charge in [-0.15, -0.1) is 0 Å². The van der Waals surface area contributed by atoms with Crippen LogP contribution in [-0.4, -0.2) is 34.5 Å². The van der Waals surface area contributed by atoms with Gasteiger partial charge in [-0.3, -0.25) is 14.9 Å². The van der Waals surface area contributed by atoms with Gasteiger partial charge >= 0.3 is 0 Å². The number of aliphatic hydroxyl groups is 1. The van der Waals surface area contributed by atoms with Crippen LogP contribution in [0.25, 0.3) is 0 Å². The van der Waals surface area contributed by atoms with Gasteiger partial charge in [-0.2, -0.15) is 0 Å². The number of carbonyl (C=O) groups is 2.